The average Bonchev–Trinajstić information content (AvgIpc) is 2.54. The van der Waals surface area contributed by atoms with Gasteiger partial charge in [-0.2, -0.15) is 5.26 Å². The number of aromatic nitrogens is 1. The van der Waals surface area contributed by atoms with Gasteiger partial charge in [0.1, 0.15) is 23.3 Å². The van der Waals surface area contributed by atoms with Crippen LogP contribution in [0.25, 0.3) is 22.4 Å². The van der Waals surface area contributed by atoms with E-state index in [1.807, 2.05) is 31.2 Å². The van der Waals surface area contributed by atoms with Crippen molar-refractivity contribution >= 4 is 5.82 Å². The van der Waals surface area contributed by atoms with Crippen LogP contribution < -0.4 is 5.73 Å². The van der Waals surface area contributed by atoms with Crippen LogP contribution in [-0.4, -0.2) is 4.98 Å². The molecule has 0 saturated heterocycles. The molecule has 1 aromatic heterocycles. The van der Waals surface area contributed by atoms with Crippen molar-refractivity contribution in [2.45, 2.75) is 6.92 Å². The third kappa shape index (κ3) is 2.77. The van der Waals surface area contributed by atoms with Gasteiger partial charge in [0, 0.05) is 11.1 Å². The van der Waals surface area contributed by atoms with Crippen LogP contribution in [0.4, 0.5) is 10.2 Å². The molecule has 23 heavy (non-hydrogen) atoms. The molecular formula is C19H14FN3. The van der Waals surface area contributed by atoms with E-state index in [0.29, 0.717) is 22.4 Å². The maximum atomic E-state index is 13.5. The molecule has 4 heteroatoms. The molecule has 0 spiro atoms. The highest BCUT2D eigenvalue weighted by molar-refractivity contribution is 5.81. The zero-order valence-electron chi connectivity index (χ0n) is 12.5. The Kier molecular flexibility index (Phi) is 3.78. The predicted molar refractivity (Wildman–Crippen MR) is 88.9 cm³/mol. The fourth-order valence-electron chi connectivity index (χ4n) is 2.57. The SMILES string of the molecule is Cc1ccccc1-c1cc(-c2cccc(F)c2)nc(N)c1C#N. The first kappa shape index (κ1) is 14.7. The summed E-state index contributed by atoms with van der Waals surface area (Å²) in [5.41, 5.74) is 10.1. The lowest BCUT2D eigenvalue weighted by molar-refractivity contribution is 0.628. The van der Waals surface area contributed by atoms with Gasteiger partial charge >= 0.3 is 0 Å². The predicted octanol–water partition coefficient (Wildman–Crippen LogP) is 4.32. The Bertz CT molecular complexity index is 926. The summed E-state index contributed by atoms with van der Waals surface area (Å²) in [5, 5.41) is 9.43. The fourth-order valence-corrected chi connectivity index (χ4v) is 2.57. The minimum absolute atomic E-state index is 0.146. The van der Waals surface area contributed by atoms with E-state index in [0.717, 1.165) is 11.1 Å². The Morgan fingerprint density at radius 3 is 2.52 bits per heavy atom. The van der Waals surface area contributed by atoms with Gasteiger partial charge in [-0.1, -0.05) is 36.4 Å². The summed E-state index contributed by atoms with van der Waals surface area (Å²) < 4.78 is 13.5. The number of halogens is 1. The van der Waals surface area contributed by atoms with E-state index in [1.54, 1.807) is 18.2 Å². The Morgan fingerprint density at radius 1 is 1.04 bits per heavy atom. The van der Waals surface area contributed by atoms with Crippen LogP contribution in [0.3, 0.4) is 0 Å². The highest BCUT2D eigenvalue weighted by Crippen LogP contribution is 2.32. The van der Waals surface area contributed by atoms with E-state index < -0.39 is 0 Å². The van der Waals surface area contributed by atoms with Gasteiger partial charge in [-0.25, -0.2) is 9.37 Å². The minimum atomic E-state index is -0.343. The summed E-state index contributed by atoms with van der Waals surface area (Å²) >= 11 is 0. The molecular weight excluding hydrogens is 289 g/mol. The van der Waals surface area contributed by atoms with Crippen molar-refractivity contribution in [3.8, 4) is 28.5 Å². The molecule has 0 radical (unpaired) electrons. The summed E-state index contributed by atoms with van der Waals surface area (Å²) in [6.07, 6.45) is 0. The molecule has 0 bridgehead atoms. The first-order chi connectivity index (χ1) is 11.1. The number of nitrogen functional groups attached to an aromatic ring is 1. The van der Waals surface area contributed by atoms with Crippen LogP contribution in [0.2, 0.25) is 0 Å². The zero-order chi connectivity index (χ0) is 16.4. The fraction of sp³-hybridized carbons (Fsp3) is 0.0526. The van der Waals surface area contributed by atoms with E-state index in [2.05, 4.69) is 11.1 Å². The molecule has 0 aliphatic heterocycles. The van der Waals surface area contributed by atoms with Gasteiger partial charge in [0.2, 0.25) is 0 Å². The molecule has 0 saturated carbocycles. The van der Waals surface area contributed by atoms with Crippen molar-refractivity contribution in [3.63, 3.8) is 0 Å². The smallest absolute Gasteiger partial charge is 0.142 e. The van der Waals surface area contributed by atoms with Gasteiger partial charge in [0.25, 0.3) is 0 Å². The molecule has 0 amide bonds. The quantitative estimate of drug-likeness (QED) is 0.767. The average molecular weight is 303 g/mol. The van der Waals surface area contributed by atoms with E-state index in [-0.39, 0.29) is 11.6 Å². The molecule has 112 valence electrons. The van der Waals surface area contributed by atoms with Crippen LogP contribution >= 0.6 is 0 Å². The largest absolute Gasteiger partial charge is 0.383 e. The lowest BCUT2D eigenvalue weighted by Crippen LogP contribution is -2.00. The van der Waals surface area contributed by atoms with Gasteiger partial charge in [-0.15, -0.1) is 0 Å². The molecule has 0 unspecified atom stereocenters. The van der Waals surface area contributed by atoms with Crippen LogP contribution in [0.15, 0.2) is 54.6 Å². The Hall–Kier alpha value is -3.19. The minimum Gasteiger partial charge on any atom is -0.383 e. The number of aryl methyl sites for hydroxylation is 1. The molecule has 3 rings (SSSR count). The maximum Gasteiger partial charge on any atom is 0.142 e. The first-order valence-corrected chi connectivity index (χ1v) is 7.12. The number of hydrogen-bond acceptors (Lipinski definition) is 3. The molecule has 0 aliphatic rings. The second-order valence-electron chi connectivity index (χ2n) is 5.25. The topological polar surface area (TPSA) is 62.7 Å². The highest BCUT2D eigenvalue weighted by Gasteiger charge is 2.14. The second kappa shape index (κ2) is 5.90. The van der Waals surface area contributed by atoms with Gasteiger partial charge in [-0.05, 0) is 36.2 Å². The van der Waals surface area contributed by atoms with Crippen LogP contribution in [0.5, 0.6) is 0 Å². The third-order valence-electron chi connectivity index (χ3n) is 3.71. The summed E-state index contributed by atoms with van der Waals surface area (Å²) in [4.78, 5) is 4.26. The number of hydrogen-bond donors (Lipinski definition) is 1. The van der Waals surface area contributed by atoms with Gasteiger partial charge in [0.05, 0.1) is 5.69 Å². The standard InChI is InChI=1S/C19H14FN3/c1-12-5-2-3-8-15(12)16-10-18(23-19(22)17(16)11-21)13-6-4-7-14(20)9-13/h2-10H,1H3,(H2,22,23). The van der Waals surface area contributed by atoms with Crippen molar-refractivity contribution in [2.75, 3.05) is 5.73 Å². The summed E-state index contributed by atoms with van der Waals surface area (Å²) in [5.74, 6) is -0.197. The zero-order valence-corrected chi connectivity index (χ0v) is 12.5. The van der Waals surface area contributed by atoms with Crippen LogP contribution in [0.1, 0.15) is 11.1 Å². The van der Waals surface area contributed by atoms with E-state index in [9.17, 15) is 9.65 Å². The van der Waals surface area contributed by atoms with Gasteiger partial charge in [0.15, 0.2) is 0 Å². The number of nitrogens with two attached hydrogens (primary N) is 1. The number of pyridine rings is 1. The summed E-state index contributed by atoms with van der Waals surface area (Å²) in [7, 11) is 0. The molecule has 3 nitrogen and oxygen atoms in total. The van der Waals surface area contributed by atoms with E-state index >= 15 is 0 Å². The molecule has 2 N–H and O–H groups in total. The molecule has 0 fully saturated rings. The Labute approximate surface area is 133 Å². The Morgan fingerprint density at radius 2 is 1.83 bits per heavy atom. The van der Waals surface area contributed by atoms with Crippen LogP contribution in [0, 0.1) is 24.1 Å². The van der Waals surface area contributed by atoms with Gasteiger partial charge < -0.3 is 5.73 Å². The lowest BCUT2D eigenvalue weighted by atomic mass is 9.95. The molecule has 3 aromatic rings. The van der Waals surface area contributed by atoms with Crippen molar-refractivity contribution in [2.24, 2.45) is 0 Å². The summed E-state index contributed by atoms with van der Waals surface area (Å²) in [6, 6.07) is 17.8. The Balaban J connectivity index is 2.27. The summed E-state index contributed by atoms with van der Waals surface area (Å²) in [6.45, 7) is 1.97. The molecule has 1 heterocycles. The van der Waals surface area contributed by atoms with Crippen molar-refractivity contribution in [3.05, 3.63) is 71.5 Å². The second-order valence-corrected chi connectivity index (χ2v) is 5.25. The monoisotopic (exact) mass is 303 g/mol. The lowest BCUT2D eigenvalue weighted by Gasteiger charge is -2.12. The van der Waals surface area contributed by atoms with Crippen LogP contribution in [-0.2, 0) is 0 Å². The maximum absolute atomic E-state index is 13.5. The van der Waals surface area contributed by atoms with E-state index in [1.165, 1.54) is 12.1 Å². The number of anilines is 1. The number of rotatable bonds is 2. The number of benzene rings is 2. The highest BCUT2D eigenvalue weighted by atomic mass is 19.1. The molecule has 2 aromatic carbocycles. The first-order valence-electron chi connectivity index (χ1n) is 7.12. The van der Waals surface area contributed by atoms with Crippen molar-refractivity contribution < 1.29 is 4.39 Å². The molecule has 0 atom stereocenters. The number of nitriles is 1. The molecule has 0 aliphatic carbocycles. The van der Waals surface area contributed by atoms with E-state index in [4.69, 9.17) is 5.73 Å². The van der Waals surface area contributed by atoms with Gasteiger partial charge in [-0.3, -0.25) is 0 Å². The van der Waals surface area contributed by atoms with Crippen molar-refractivity contribution in [1.82, 2.24) is 4.98 Å². The number of nitrogens with zero attached hydrogens (tertiary/aromatic N) is 2. The third-order valence-corrected chi connectivity index (χ3v) is 3.71. The van der Waals surface area contributed by atoms with Crippen molar-refractivity contribution in [1.29, 1.82) is 5.26 Å². The normalized spacial score (nSPS) is 10.3.